The van der Waals surface area contributed by atoms with Crippen LogP contribution in [-0.4, -0.2) is 37.5 Å². The second-order valence-electron chi connectivity index (χ2n) is 2.22. The molecule has 0 aromatic heterocycles. The Morgan fingerprint density at radius 3 is 2.92 bits per heavy atom. The highest BCUT2D eigenvalue weighted by atomic mass is 16.8. The Kier molecular flexibility index (Phi) is 2.88. The Bertz CT molecular complexity index is 192. The molecule has 0 fully saturated rings. The quantitative estimate of drug-likeness (QED) is 0.329. The Morgan fingerprint density at radius 2 is 2.50 bits per heavy atom. The third kappa shape index (κ3) is 1.67. The predicted octanol–water partition coefficient (Wildman–Crippen LogP) is -0.412. The number of hydrogen-bond donors (Lipinski definition) is 0. The van der Waals surface area contributed by atoms with E-state index in [2.05, 4.69) is 10.2 Å². The van der Waals surface area contributed by atoms with Crippen LogP contribution in [0.5, 0.6) is 0 Å². The van der Waals surface area contributed by atoms with Crippen LogP contribution in [0.4, 0.5) is 0 Å². The van der Waals surface area contributed by atoms with Crippen molar-refractivity contribution in [3.8, 4) is 0 Å². The number of methoxy groups -OCH3 is 1. The summed E-state index contributed by atoms with van der Waals surface area (Å²) < 4.78 is 8.95. The second-order valence-corrected chi connectivity index (χ2v) is 2.22. The van der Waals surface area contributed by atoms with Gasteiger partial charge in [0.1, 0.15) is 5.10 Å². The van der Waals surface area contributed by atoms with E-state index in [0.717, 1.165) is 12.7 Å². The average Bonchev–Trinajstić information content (AvgIpc) is 2.49. The minimum atomic E-state index is -0.912. The molecule has 0 aliphatic carbocycles. The van der Waals surface area contributed by atoms with E-state index in [4.69, 9.17) is 9.47 Å². The standard InChI is InChI=1S/C6H11N3O3/c1-3-12-6(11-2)9(10)4-7-8-5-9/h4-6H,3H2,1-2H3/q+1. The zero-order valence-electron chi connectivity index (χ0n) is 7.01. The molecule has 1 heterocycles. The van der Waals surface area contributed by atoms with E-state index in [-0.39, 0.29) is 0 Å². The summed E-state index contributed by atoms with van der Waals surface area (Å²) in [6.07, 6.45) is 1.32. The van der Waals surface area contributed by atoms with Gasteiger partial charge in [0, 0.05) is 7.11 Å². The lowest BCUT2D eigenvalue weighted by Crippen LogP contribution is -2.49. The lowest BCUT2D eigenvalue weighted by atomic mass is 10.7. The van der Waals surface area contributed by atoms with Gasteiger partial charge in [-0.25, -0.2) is 0 Å². The highest BCUT2D eigenvalue weighted by Gasteiger charge is 2.36. The first-order chi connectivity index (χ1) is 5.73. The first-order valence-corrected chi connectivity index (χ1v) is 3.55. The highest BCUT2D eigenvalue weighted by molar-refractivity contribution is 5.66. The van der Waals surface area contributed by atoms with Crippen LogP contribution in [0.2, 0.25) is 0 Å². The van der Waals surface area contributed by atoms with Crippen molar-refractivity contribution in [1.29, 1.82) is 0 Å². The van der Waals surface area contributed by atoms with Crippen LogP contribution in [0, 0.1) is 5.21 Å². The van der Waals surface area contributed by atoms with Gasteiger partial charge in [0.25, 0.3) is 11.4 Å². The third-order valence-corrected chi connectivity index (χ3v) is 1.37. The van der Waals surface area contributed by atoms with E-state index >= 15 is 0 Å². The third-order valence-electron chi connectivity index (χ3n) is 1.37. The van der Waals surface area contributed by atoms with Crippen LogP contribution in [0.25, 0.3) is 0 Å². The van der Waals surface area contributed by atoms with Gasteiger partial charge < -0.3 is 14.7 Å². The molecular weight excluding hydrogens is 162 g/mol. The van der Waals surface area contributed by atoms with Gasteiger partial charge in [-0.1, -0.05) is 0 Å². The lowest BCUT2D eigenvalue weighted by Gasteiger charge is -2.31. The summed E-state index contributed by atoms with van der Waals surface area (Å²) in [6, 6.07) is 0. The van der Waals surface area contributed by atoms with Crippen molar-refractivity contribution in [2.45, 2.75) is 13.3 Å². The van der Waals surface area contributed by atoms with Crippen LogP contribution in [0.3, 0.4) is 0 Å². The van der Waals surface area contributed by atoms with Crippen molar-refractivity contribution >= 4 is 12.7 Å². The molecule has 1 rings (SSSR count). The summed E-state index contributed by atoms with van der Waals surface area (Å²) in [5.74, 6) is 0. The first kappa shape index (κ1) is 9.27. The molecule has 1 aliphatic heterocycles. The number of nitrogens with zero attached hydrogens (tertiary/aromatic N) is 3. The second kappa shape index (κ2) is 3.72. The maximum absolute atomic E-state index is 11.6. The van der Waals surface area contributed by atoms with Crippen LogP contribution in [0.15, 0.2) is 5.10 Å². The van der Waals surface area contributed by atoms with Gasteiger partial charge in [0.15, 0.2) is 0 Å². The molecule has 1 unspecified atom stereocenters. The summed E-state index contributed by atoms with van der Waals surface area (Å²) in [7, 11) is 1.40. The fourth-order valence-electron chi connectivity index (χ4n) is 0.852. The van der Waals surface area contributed by atoms with E-state index in [1.807, 2.05) is 0 Å². The topological polar surface area (TPSA) is 68.0 Å². The van der Waals surface area contributed by atoms with Gasteiger partial charge in [-0.3, -0.25) is 0 Å². The molecule has 6 heteroatoms. The van der Waals surface area contributed by atoms with Crippen molar-refractivity contribution in [1.82, 2.24) is 5.10 Å². The summed E-state index contributed by atoms with van der Waals surface area (Å²) in [6.45, 7) is 2.19. The van der Waals surface area contributed by atoms with Crippen LogP contribution >= 0.6 is 0 Å². The minimum Gasteiger partial charge on any atom is -0.613 e. The predicted molar refractivity (Wildman–Crippen MR) is 42.7 cm³/mol. The van der Waals surface area contributed by atoms with E-state index in [0.29, 0.717) is 6.61 Å². The molecule has 0 saturated heterocycles. The maximum atomic E-state index is 11.6. The van der Waals surface area contributed by atoms with Crippen LogP contribution in [0.1, 0.15) is 6.92 Å². The van der Waals surface area contributed by atoms with Crippen molar-refractivity contribution in [3.63, 3.8) is 0 Å². The molecule has 0 amide bonds. The molecular formula is C6H11N3O3+. The Balaban J connectivity index is 2.64. The zero-order chi connectivity index (χ0) is 9.03. The van der Waals surface area contributed by atoms with Crippen molar-refractivity contribution in [3.05, 3.63) is 5.21 Å². The van der Waals surface area contributed by atoms with Gasteiger partial charge in [0.2, 0.25) is 0 Å². The minimum absolute atomic E-state index is 0.405. The molecule has 1 aliphatic rings. The number of hydroxylamine groups is 3. The van der Waals surface area contributed by atoms with E-state index < -0.39 is 11.1 Å². The normalized spacial score (nSPS) is 29.6. The van der Waals surface area contributed by atoms with E-state index in [1.54, 1.807) is 6.92 Å². The van der Waals surface area contributed by atoms with Gasteiger partial charge in [-0.15, -0.1) is 0 Å². The van der Waals surface area contributed by atoms with Crippen LogP contribution < -0.4 is 5.10 Å². The largest absolute Gasteiger partial charge is 0.613 e. The van der Waals surface area contributed by atoms with Gasteiger partial charge in [-0.2, -0.15) is 4.65 Å². The number of ether oxygens (including phenoxy) is 2. The number of quaternary nitrogens is 1. The molecule has 0 aromatic rings. The van der Waals surface area contributed by atoms with Crippen LogP contribution in [-0.2, 0) is 9.47 Å². The average molecular weight is 173 g/mol. The van der Waals surface area contributed by atoms with E-state index in [1.165, 1.54) is 7.11 Å². The summed E-state index contributed by atoms with van der Waals surface area (Å²) >= 11 is 0. The molecule has 67 valence electrons. The summed E-state index contributed by atoms with van der Waals surface area (Å²) in [5.41, 5.74) is 0. The summed E-state index contributed by atoms with van der Waals surface area (Å²) in [4.78, 5) is 0. The maximum Gasteiger partial charge on any atom is 0.442 e. The Morgan fingerprint density at radius 1 is 1.75 bits per heavy atom. The SMILES string of the molecule is CCOC(OC)[N+]1([O-])C=N[N+]=C1. The molecule has 0 spiro atoms. The van der Waals surface area contributed by atoms with Gasteiger partial charge in [-0.05, 0) is 6.92 Å². The van der Waals surface area contributed by atoms with Crippen molar-refractivity contribution in [2.75, 3.05) is 13.7 Å². The Hall–Kier alpha value is -0.820. The fraction of sp³-hybridized carbons (Fsp3) is 0.667. The molecule has 6 nitrogen and oxygen atoms in total. The Labute approximate surface area is 70.3 Å². The molecule has 0 aromatic carbocycles. The molecule has 0 bridgehead atoms. The molecule has 12 heavy (non-hydrogen) atoms. The van der Waals surface area contributed by atoms with Crippen molar-refractivity contribution in [2.24, 2.45) is 5.10 Å². The van der Waals surface area contributed by atoms with E-state index in [9.17, 15) is 5.21 Å². The summed E-state index contributed by atoms with van der Waals surface area (Å²) in [5, 5.41) is 18.5. The first-order valence-electron chi connectivity index (χ1n) is 3.55. The molecule has 0 saturated carbocycles. The number of rotatable bonds is 4. The molecule has 1 atom stereocenters. The molecule has 1 radical (unpaired) electrons. The smallest absolute Gasteiger partial charge is 0.442 e. The monoisotopic (exact) mass is 173 g/mol. The highest BCUT2D eigenvalue weighted by Crippen LogP contribution is 2.10. The zero-order valence-corrected chi connectivity index (χ0v) is 7.01. The number of hydrogen-bond acceptors (Lipinski definition) is 5. The lowest BCUT2D eigenvalue weighted by molar-refractivity contribution is -0.780. The van der Waals surface area contributed by atoms with Gasteiger partial charge in [0.05, 0.1) is 6.61 Å². The van der Waals surface area contributed by atoms with Crippen molar-refractivity contribution < 1.29 is 14.1 Å². The molecule has 0 N–H and O–H groups in total. The van der Waals surface area contributed by atoms with Gasteiger partial charge >= 0.3 is 12.8 Å². The fourth-order valence-corrected chi connectivity index (χ4v) is 0.852.